The van der Waals surface area contributed by atoms with Gasteiger partial charge in [-0.15, -0.1) is 11.6 Å². The Kier molecular flexibility index (Phi) is 6.62. The van der Waals surface area contributed by atoms with E-state index in [4.69, 9.17) is 16.3 Å². The Morgan fingerprint density at radius 3 is 2.93 bits per heavy atom. The molecule has 1 rings (SSSR count). The summed E-state index contributed by atoms with van der Waals surface area (Å²) in [4.78, 5) is 0. The molecule has 0 amide bonds. The normalized spacial score (nSPS) is 29.0. The molecule has 90 valence electrons. The Morgan fingerprint density at radius 2 is 2.27 bits per heavy atom. The van der Waals surface area contributed by atoms with Gasteiger partial charge in [-0.25, -0.2) is 0 Å². The summed E-state index contributed by atoms with van der Waals surface area (Å²) in [7, 11) is 1.76. The highest BCUT2D eigenvalue weighted by Crippen LogP contribution is 2.27. The van der Waals surface area contributed by atoms with Gasteiger partial charge in [0.25, 0.3) is 0 Å². The monoisotopic (exact) mass is 233 g/mol. The van der Waals surface area contributed by atoms with E-state index in [-0.39, 0.29) is 0 Å². The highest BCUT2D eigenvalue weighted by molar-refractivity contribution is 6.20. The van der Waals surface area contributed by atoms with Crippen molar-refractivity contribution >= 4 is 11.6 Å². The molecule has 0 aromatic rings. The molecule has 0 aromatic carbocycles. The zero-order valence-corrected chi connectivity index (χ0v) is 10.7. The highest BCUT2D eigenvalue weighted by atomic mass is 35.5. The standard InChI is InChI=1S/C12H24ClNO/c1-10(6-7-15-2)14-9-11-4-3-5-12(13)8-11/h10-12,14H,3-9H2,1-2H3. The van der Waals surface area contributed by atoms with Crippen molar-refractivity contribution in [2.24, 2.45) is 5.92 Å². The van der Waals surface area contributed by atoms with Crippen LogP contribution in [0, 0.1) is 5.92 Å². The molecule has 1 aliphatic rings. The molecular formula is C12H24ClNO. The minimum atomic E-state index is 0.417. The van der Waals surface area contributed by atoms with E-state index >= 15 is 0 Å². The van der Waals surface area contributed by atoms with Crippen molar-refractivity contribution in [1.29, 1.82) is 0 Å². The van der Waals surface area contributed by atoms with Crippen molar-refractivity contribution in [2.75, 3.05) is 20.3 Å². The van der Waals surface area contributed by atoms with E-state index in [1.807, 2.05) is 0 Å². The lowest BCUT2D eigenvalue weighted by molar-refractivity contribution is 0.183. The minimum Gasteiger partial charge on any atom is -0.385 e. The van der Waals surface area contributed by atoms with E-state index in [9.17, 15) is 0 Å². The first-order valence-electron chi connectivity index (χ1n) is 6.08. The van der Waals surface area contributed by atoms with Gasteiger partial charge in [0, 0.05) is 25.1 Å². The van der Waals surface area contributed by atoms with E-state index in [0.29, 0.717) is 11.4 Å². The van der Waals surface area contributed by atoms with Crippen molar-refractivity contribution in [1.82, 2.24) is 5.32 Å². The van der Waals surface area contributed by atoms with Crippen LogP contribution in [0.2, 0.25) is 0 Å². The topological polar surface area (TPSA) is 21.3 Å². The molecular weight excluding hydrogens is 210 g/mol. The first-order chi connectivity index (χ1) is 7.22. The maximum atomic E-state index is 6.16. The number of hydrogen-bond donors (Lipinski definition) is 1. The molecule has 0 saturated heterocycles. The van der Waals surface area contributed by atoms with Gasteiger partial charge in [0.1, 0.15) is 0 Å². The summed E-state index contributed by atoms with van der Waals surface area (Å²) in [6.45, 7) is 4.19. The van der Waals surface area contributed by atoms with Crippen molar-refractivity contribution < 1.29 is 4.74 Å². The molecule has 0 radical (unpaired) electrons. The number of ether oxygens (including phenoxy) is 1. The molecule has 0 aliphatic heterocycles. The second-order valence-corrected chi connectivity index (χ2v) is 5.34. The first kappa shape index (κ1) is 13.3. The van der Waals surface area contributed by atoms with E-state index < -0.39 is 0 Å². The minimum absolute atomic E-state index is 0.417. The summed E-state index contributed by atoms with van der Waals surface area (Å²) in [6, 6.07) is 0.556. The SMILES string of the molecule is COCCC(C)NCC1CCCC(Cl)C1. The number of alkyl halides is 1. The molecule has 1 fully saturated rings. The molecule has 0 aromatic heterocycles. The molecule has 3 heteroatoms. The molecule has 1 aliphatic carbocycles. The molecule has 1 N–H and O–H groups in total. The Balaban J connectivity index is 2.07. The van der Waals surface area contributed by atoms with Gasteiger partial charge in [-0.1, -0.05) is 6.42 Å². The lowest BCUT2D eigenvalue weighted by Crippen LogP contribution is -2.34. The van der Waals surface area contributed by atoms with E-state index in [0.717, 1.165) is 25.5 Å². The molecule has 0 heterocycles. The van der Waals surface area contributed by atoms with Gasteiger partial charge in [-0.3, -0.25) is 0 Å². The summed E-state index contributed by atoms with van der Waals surface area (Å²) < 4.78 is 5.06. The Labute approximate surface area is 98.7 Å². The van der Waals surface area contributed by atoms with Gasteiger partial charge in [0.2, 0.25) is 0 Å². The second kappa shape index (κ2) is 7.48. The smallest absolute Gasteiger partial charge is 0.0476 e. The lowest BCUT2D eigenvalue weighted by Gasteiger charge is -2.27. The van der Waals surface area contributed by atoms with Gasteiger partial charge in [-0.2, -0.15) is 0 Å². The number of hydrogen-bond acceptors (Lipinski definition) is 2. The first-order valence-corrected chi connectivity index (χ1v) is 6.52. The van der Waals surface area contributed by atoms with Crippen LogP contribution in [0.15, 0.2) is 0 Å². The van der Waals surface area contributed by atoms with Gasteiger partial charge < -0.3 is 10.1 Å². The third kappa shape index (κ3) is 5.74. The quantitative estimate of drug-likeness (QED) is 0.713. The van der Waals surface area contributed by atoms with Crippen LogP contribution >= 0.6 is 11.6 Å². The summed E-state index contributed by atoms with van der Waals surface area (Å²) in [5, 5.41) is 3.99. The van der Waals surface area contributed by atoms with E-state index in [1.165, 1.54) is 25.7 Å². The zero-order valence-electron chi connectivity index (χ0n) is 9.97. The van der Waals surface area contributed by atoms with E-state index in [2.05, 4.69) is 12.2 Å². The summed E-state index contributed by atoms with van der Waals surface area (Å²) in [5.41, 5.74) is 0. The van der Waals surface area contributed by atoms with Crippen LogP contribution in [-0.4, -0.2) is 31.7 Å². The van der Waals surface area contributed by atoms with Crippen molar-refractivity contribution in [2.45, 2.75) is 50.4 Å². The fraction of sp³-hybridized carbons (Fsp3) is 1.00. The number of halogens is 1. The van der Waals surface area contributed by atoms with Gasteiger partial charge in [0.15, 0.2) is 0 Å². The third-order valence-electron chi connectivity index (χ3n) is 3.23. The largest absolute Gasteiger partial charge is 0.385 e. The molecule has 3 atom stereocenters. The van der Waals surface area contributed by atoms with Crippen molar-refractivity contribution in [3.8, 4) is 0 Å². The highest BCUT2D eigenvalue weighted by Gasteiger charge is 2.20. The van der Waals surface area contributed by atoms with Crippen LogP contribution in [0.25, 0.3) is 0 Å². The average molecular weight is 234 g/mol. The molecule has 1 saturated carbocycles. The van der Waals surface area contributed by atoms with Crippen LogP contribution in [0.4, 0.5) is 0 Å². The predicted molar refractivity (Wildman–Crippen MR) is 65.6 cm³/mol. The zero-order chi connectivity index (χ0) is 11.1. The van der Waals surface area contributed by atoms with Gasteiger partial charge in [0.05, 0.1) is 0 Å². The molecule has 3 unspecified atom stereocenters. The summed E-state index contributed by atoms with van der Waals surface area (Å²) in [5.74, 6) is 0.784. The second-order valence-electron chi connectivity index (χ2n) is 4.72. The lowest BCUT2D eigenvalue weighted by atomic mass is 9.89. The Bertz CT molecular complexity index is 166. The summed E-state index contributed by atoms with van der Waals surface area (Å²) >= 11 is 6.16. The van der Waals surface area contributed by atoms with E-state index in [1.54, 1.807) is 7.11 Å². The predicted octanol–water partition coefficient (Wildman–Crippen LogP) is 2.80. The average Bonchev–Trinajstić information content (AvgIpc) is 2.23. The fourth-order valence-corrected chi connectivity index (χ4v) is 2.58. The van der Waals surface area contributed by atoms with Crippen molar-refractivity contribution in [3.05, 3.63) is 0 Å². The Morgan fingerprint density at radius 1 is 1.47 bits per heavy atom. The van der Waals surface area contributed by atoms with Crippen LogP contribution in [0.5, 0.6) is 0 Å². The van der Waals surface area contributed by atoms with Crippen LogP contribution in [-0.2, 0) is 4.74 Å². The molecule has 2 nitrogen and oxygen atoms in total. The number of nitrogens with one attached hydrogen (secondary N) is 1. The summed E-state index contributed by atoms with van der Waals surface area (Å²) in [6.07, 6.45) is 6.12. The molecule has 0 spiro atoms. The number of rotatable bonds is 6. The fourth-order valence-electron chi connectivity index (χ4n) is 2.18. The molecule has 15 heavy (non-hydrogen) atoms. The van der Waals surface area contributed by atoms with Crippen LogP contribution in [0.1, 0.15) is 39.0 Å². The maximum absolute atomic E-state index is 6.16. The number of methoxy groups -OCH3 is 1. The van der Waals surface area contributed by atoms with Crippen LogP contribution in [0.3, 0.4) is 0 Å². The van der Waals surface area contributed by atoms with Gasteiger partial charge >= 0.3 is 0 Å². The molecule has 0 bridgehead atoms. The van der Waals surface area contributed by atoms with Crippen LogP contribution < -0.4 is 5.32 Å². The van der Waals surface area contributed by atoms with Crippen molar-refractivity contribution in [3.63, 3.8) is 0 Å². The van der Waals surface area contributed by atoms with Gasteiger partial charge in [-0.05, 0) is 45.1 Å². The third-order valence-corrected chi connectivity index (χ3v) is 3.63. The maximum Gasteiger partial charge on any atom is 0.0476 e. The Hall–Kier alpha value is 0.210.